The first-order chi connectivity index (χ1) is 8.04. The van der Waals surface area contributed by atoms with Crippen molar-refractivity contribution < 1.29 is 14.3 Å². The van der Waals surface area contributed by atoms with Gasteiger partial charge in [0.05, 0.1) is 6.61 Å². The molecule has 0 aliphatic heterocycles. The van der Waals surface area contributed by atoms with Gasteiger partial charge in [-0.2, -0.15) is 0 Å². The molecule has 0 heterocycles. The molecule has 0 N–H and O–H groups in total. The van der Waals surface area contributed by atoms with Crippen LogP contribution in [0.25, 0.3) is 0 Å². The Hall–Kier alpha value is -1.84. The molecular weight excluding hydrogens is 218 g/mol. The maximum Gasteiger partial charge on any atom is 0.315 e. The van der Waals surface area contributed by atoms with Crippen molar-refractivity contribution in [1.82, 2.24) is 0 Å². The van der Waals surface area contributed by atoms with Crippen molar-refractivity contribution in [1.29, 1.82) is 0 Å². The topological polar surface area (TPSA) is 46.6 Å². The third kappa shape index (κ3) is 3.90. The molecule has 1 rings (SSSR count). The molecule has 0 saturated heterocycles. The van der Waals surface area contributed by atoms with Gasteiger partial charge in [-0.05, 0) is 26.0 Å². The number of anilines is 1. The second-order valence-corrected chi connectivity index (χ2v) is 3.77. The van der Waals surface area contributed by atoms with Crippen molar-refractivity contribution in [2.75, 3.05) is 18.6 Å². The van der Waals surface area contributed by atoms with Gasteiger partial charge in [0.15, 0.2) is 0 Å². The summed E-state index contributed by atoms with van der Waals surface area (Å²) in [5.74, 6) is -0.760. The lowest BCUT2D eigenvalue weighted by Gasteiger charge is -2.16. The lowest BCUT2D eigenvalue weighted by molar-refractivity contribution is -0.145. The van der Waals surface area contributed by atoms with Gasteiger partial charge in [0.1, 0.15) is 6.42 Å². The molecule has 4 heteroatoms. The summed E-state index contributed by atoms with van der Waals surface area (Å²) in [5.41, 5.74) is 1.89. The fourth-order valence-electron chi connectivity index (χ4n) is 1.37. The smallest absolute Gasteiger partial charge is 0.315 e. The van der Waals surface area contributed by atoms with Crippen LogP contribution in [0.4, 0.5) is 5.69 Å². The van der Waals surface area contributed by atoms with Crippen LogP contribution in [0.5, 0.6) is 0 Å². The molecule has 1 aromatic carbocycles. The predicted molar refractivity (Wildman–Crippen MR) is 65.8 cm³/mol. The molecule has 0 aromatic heterocycles. The molecule has 92 valence electrons. The van der Waals surface area contributed by atoms with Crippen LogP contribution in [-0.4, -0.2) is 25.5 Å². The highest BCUT2D eigenvalue weighted by atomic mass is 16.5. The molecule has 0 spiro atoms. The summed E-state index contributed by atoms with van der Waals surface area (Å²) in [6.45, 7) is 3.98. The van der Waals surface area contributed by atoms with Crippen molar-refractivity contribution in [2.45, 2.75) is 20.3 Å². The van der Waals surface area contributed by atoms with Gasteiger partial charge in [-0.1, -0.05) is 17.7 Å². The molecule has 0 bridgehead atoms. The van der Waals surface area contributed by atoms with Gasteiger partial charge in [0, 0.05) is 12.7 Å². The second-order valence-electron chi connectivity index (χ2n) is 3.77. The number of carbonyl (C=O) groups excluding carboxylic acids is 2. The molecule has 0 aliphatic rings. The van der Waals surface area contributed by atoms with E-state index in [4.69, 9.17) is 4.74 Å². The first-order valence-corrected chi connectivity index (χ1v) is 5.53. The largest absolute Gasteiger partial charge is 0.466 e. The van der Waals surface area contributed by atoms with Gasteiger partial charge >= 0.3 is 5.97 Å². The zero-order valence-corrected chi connectivity index (χ0v) is 10.4. The highest BCUT2D eigenvalue weighted by Gasteiger charge is 2.15. The number of esters is 1. The second kappa shape index (κ2) is 6.03. The zero-order valence-electron chi connectivity index (χ0n) is 10.4. The average Bonchev–Trinajstić information content (AvgIpc) is 2.29. The van der Waals surface area contributed by atoms with Crippen molar-refractivity contribution >= 4 is 17.6 Å². The predicted octanol–water partition coefficient (Wildman–Crippen LogP) is 1.91. The Kier molecular flexibility index (Phi) is 4.69. The lowest BCUT2D eigenvalue weighted by atomic mass is 10.2. The zero-order chi connectivity index (χ0) is 12.8. The SMILES string of the molecule is CCOC(=O)CC(=O)N(C)c1ccc(C)cc1. The normalized spacial score (nSPS) is 9.82. The minimum Gasteiger partial charge on any atom is -0.466 e. The molecule has 0 fully saturated rings. The van der Waals surface area contributed by atoms with E-state index in [0.717, 1.165) is 11.3 Å². The monoisotopic (exact) mass is 235 g/mol. The van der Waals surface area contributed by atoms with Crippen LogP contribution in [0.3, 0.4) is 0 Å². The highest BCUT2D eigenvalue weighted by molar-refractivity contribution is 6.03. The van der Waals surface area contributed by atoms with Crippen molar-refractivity contribution in [3.8, 4) is 0 Å². The Bertz CT molecular complexity index is 398. The summed E-state index contributed by atoms with van der Waals surface area (Å²) in [6.07, 6.45) is -0.224. The van der Waals surface area contributed by atoms with E-state index in [2.05, 4.69) is 0 Å². The summed E-state index contributed by atoms with van der Waals surface area (Å²) in [6, 6.07) is 7.53. The lowest BCUT2D eigenvalue weighted by Crippen LogP contribution is -2.28. The minimum absolute atomic E-state index is 0.224. The van der Waals surface area contributed by atoms with Crippen molar-refractivity contribution in [3.63, 3.8) is 0 Å². The maximum absolute atomic E-state index is 11.7. The van der Waals surface area contributed by atoms with Crippen molar-refractivity contribution in [2.24, 2.45) is 0 Å². The number of hydrogen-bond acceptors (Lipinski definition) is 3. The average molecular weight is 235 g/mol. The Morgan fingerprint density at radius 2 is 1.82 bits per heavy atom. The summed E-state index contributed by atoms with van der Waals surface area (Å²) in [5, 5.41) is 0. The van der Waals surface area contributed by atoms with Crippen LogP contribution in [0.1, 0.15) is 18.9 Å². The number of amides is 1. The fourth-order valence-corrected chi connectivity index (χ4v) is 1.37. The van der Waals surface area contributed by atoms with Gasteiger partial charge in [0.25, 0.3) is 0 Å². The molecule has 0 radical (unpaired) electrons. The van der Waals surface area contributed by atoms with E-state index < -0.39 is 5.97 Å². The molecule has 4 nitrogen and oxygen atoms in total. The maximum atomic E-state index is 11.7. The third-order valence-corrected chi connectivity index (χ3v) is 2.40. The number of benzene rings is 1. The van der Waals surface area contributed by atoms with E-state index in [1.165, 1.54) is 4.90 Å². The van der Waals surface area contributed by atoms with Gasteiger partial charge in [-0.3, -0.25) is 9.59 Å². The Labute approximate surface area is 101 Å². The molecular formula is C13H17NO3. The molecule has 0 unspecified atom stereocenters. The summed E-state index contributed by atoms with van der Waals surface area (Å²) in [4.78, 5) is 24.4. The number of rotatable bonds is 4. The molecule has 0 aliphatic carbocycles. The first-order valence-electron chi connectivity index (χ1n) is 5.53. The highest BCUT2D eigenvalue weighted by Crippen LogP contribution is 2.14. The molecule has 0 atom stereocenters. The first kappa shape index (κ1) is 13.2. The fraction of sp³-hybridized carbons (Fsp3) is 0.385. The number of carbonyl (C=O) groups is 2. The quantitative estimate of drug-likeness (QED) is 0.591. The number of hydrogen-bond donors (Lipinski definition) is 0. The van der Waals surface area contributed by atoms with E-state index in [1.807, 2.05) is 31.2 Å². The number of ether oxygens (including phenoxy) is 1. The van der Waals surface area contributed by atoms with Crippen LogP contribution >= 0.6 is 0 Å². The Balaban J connectivity index is 2.63. The van der Waals surface area contributed by atoms with E-state index in [1.54, 1.807) is 14.0 Å². The van der Waals surface area contributed by atoms with Gasteiger partial charge in [0.2, 0.25) is 5.91 Å². The van der Waals surface area contributed by atoms with Crippen LogP contribution in [-0.2, 0) is 14.3 Å². The molecule has 1 aromatic rings. The van der Waals surface area contributed by atoms with E-state index >= 15 is 0 Å². The van der Waals surface area contributed by atoms with Crippen LogP contribution in [0.15, 0.2) is 24.3 Å². The van der Waals surface area contributed by atoms with Gasteiger partial charge in [-0.15, -0.1) is 0 Å². The van der Waals surface area contributed by atoms with Crippen LogP contribution in [0, 0.1) is 6.92 Å². The van der Waals surface area contributed by atoms with Gasteiger partial charge in [-0.25, -0.2) is 0 Å². The third-order valence-electron chi connectivity index (χ3n) is 2.40. The number of aryl methyl sites for hydroxylation is 1. The van der Waals surface area contributed by atoms with E-state index in [-0.39, 0.29) is 12.3 Å². The Morgan fingerprint density at radius 3 is 2.35 bits per heavy atom. The molecule has 17 heavy (non-hydrogen) atoms. The van der Waals surface area contributed by atoms with Crippen molar-refractivity contribution in [3.05, 3.63) is 29.8 Å². The summed E-state index contributed by atoms with van der Waals surface area (Å²) in [7, 11) is 1.65. The van der Waals surface area contributed by atoms with Gasteiger partial charge < -0.3 is 9.64 Å². The standard InChI is InChI=1S/C13H17NO3/c1-4-17-13(16)9-12(15)14(3)11-7-5-10(2)6-8-11/h5-8H,4,9H2,1-3H3. The van der Waals surface area contributed by atoms with E-state index in [0.29, 0.717) is 6.61 Å². The van der Waals surface area contributed by atoms with Crippen LogP contribution in [0.2, 0.25) is 0 Å². The Morgan fingerprint density at radius 1 is 1.24 bits per heavy atom. The minimum atomic E-state index is -0.489. The summed E-state index contributed by atoms with van der Waals surface area (Å²) < 4.78 is 4.73. The number of nitrogens with zero attached hydrogens (tertiary/aromatic N) is 1. The molecule has 1 amide bonds. The van der Waals surface area contributed by atoms with Crippen LogP contribution < -0.4 is 4.90 Å². The van der Waals surface area contributed by atoms with E-state index in [9.17, 15) is 9.59 Å². The molecule has 0 saturated carbocycles. The summed E-state index contributed by atoms with van der Waals surface area (Å²) >= 11 is 0.